The number of unbranched alkanes of at least 4 members (excludes halogenated alkanes) is 26. The van der Waals surface area contributed by atoms with E-state index in [9.17, 15) is 8.42 Å². The summed E-state index contributed by atoms with van der Waals surface area (Å²) in [6.45, 7) is 4.59. The predicted molar refractivity (Wildman–Crippen MR) is 175 cm³/mol. The van der Waals surface area contributed by atoms with Gasteiger partial charge in [0.15, 0.2) is 0 Å². The topological polar surface area (TPSA) is 63.6 Å². The lowest BCUT2D eigenvalue weighted by Gasteiger charge is -2.12. The summed E-state index contributed by atoms with van der Waals surface area (Å²) in [4.78, 5) is 0. The lowest BCUT2D eigenvalue weighted by Crippen LogP contribution is -2.12. The lowest BCUT2D eigenvalue weighted by atomic mass is 9.99. The molecule has 0 amide bonds. The van der Waals surface area contributed by atoms with Crippen molar-refractivity contribution in [2.24, 2.45) is 5.92 Å². The summed E-state index contributed by atoms with van der Waals surface area (Å²) in [5.74, 6) is 0.0568. The fourth-order valence-corrected chi connectivity index (χ4v) is 5.92. The second-order valence-corrected chi connectivity index (χ2v) is 13.4. The second kappa shape index (κ2) is 31.5. The van der Waals surface area contributed by atoms with Crippen LogP contribution in [0.3, 0.4) is 0 Å². The molecule has 5 heteroatoms. The van der Waals surface area contributed by atoms with E-state index in [1.807, 2.05) is 0 Å². The molecule has 0 aromatic heterocycles. The van der Waals surface area contributed by atoms with Crippen LogP contribution in [0.1, 0.15) is 200 Å². The Morgan fingerprint density at radius 2 is 0.850 bits per heavy atom. The summed E-state index contributed by atoms with van der Waals surface area (Å²) in [7, 11) is -4.37. The number of rotatable bonds is 33. The SMILES string of the molecule is CCCCCCCCCCCC/C=C/C(CCCCCCCCCCCCCCCCCCC)COS(=O)(=O)O. The molecule has 0 bridgehead atoms. The maximum absolute atomic E-state index is 11.1. The highest BCUT2D eigenvalue weighted by Gasteiger charge is 2.11. The Hall–Kier alpha value is -0.390. The Bertz CT molecular complexity index is 617. The monoisotopic (exact) mass is 586 g/mol. The first-order valence-electron chi connectivity index (χ1n) is 17.8. The van der Waals surface area contributed by atoms with Gasteiger partial charge in [-0.3, -0.25) is 4.55 Å². The van der Waals surface area contributed by atoms with Gasteiger partial charge in [0.05, 0.1) is 6.61 Å². The molecule has 0 aromatic rings. The first-order valence-corrected chi connectivity index (χ1v) is 19.1. The molecule has 0 saturated carbocycles. The van der Waals surface area contributed by atoms with E-state index >= 15 is 0 Å². The molecule has 1 atom stereocenters. The maximum atomic E-state index is 11.1. The van der Waals surface area contributed by atoms with Crippen LogP contribution in [0.2, 0.25) is 0 Å². The Balaban J connectivity index is 3.74. The van der Waals surface area contributed by atoms with Crippen molar-refractivity contribution in [2.75, 3.05) is 6.61 Å². The van der Waals surface area contributed by atoms with E-state index in [0.717, 1.165) is 19.3 Å². The summed E-state index contributed by atoms with van der Waals surface area (Å²) in [6.07, 6.45) is 42.7. The van der Waals surface area contributed by atoms with Crippen molar-refractivity contribution < 1.29 is 17.2 Å². The Kier molecular flexibility index (Phi) is 31.2. The van der Waals surface area contributed by atoms with Crippen LogP contribution < -0.4 is 0 Å². The Labute approximate surface area is 251 Å². The predicted octanol–water partition coefficient (Wildman–Crippen LogP) is 12.3. The average molecular weight is 587 g/mol. The van der Waals surface area contributed by atoms with Crippen LogP contribution in [-0.2, 0) is 14.6 Å². The minimum absolute atomic E-state index is 0.0478. The first kappa shape index (κ1) is 39.6. The van der Waals surface area contributed by atoms with Crippen molar-refractivity contribution >= 4 is 10.4 Å². The largest absolute Gasteiger partial charge is 0.397 e. The fourth-order valence-electron chi connectivity index (χ4n) is 5.58. The van der Waals surface area contributed by atoms with Gasteiger partial charge in [0.2, 0.25) is 0 Å². The van der Waals surface area contributed by atoms with E-state index in [4.69, 9.17) is 8.74 Å². The second-order valence-electron chi connectivity index (χ2n) is 12.3. The van der Waals surface area contributed by atoms with Crippen LogP contribution >= 0.6 is 0 Å². The van der Waals surface area contributed by atoms with Gasteiger partial charge >= 0.3 is 10.4 Å². The van der Waals surface area contributed by atoms with Gasteiger partial charge in [-0.1, -0.05) is 193 Å². The summed E-state index contributed by atoms with van der Waals surface area (Å²) in [5, 5.41) is 0. The van der Waals surface area contributed by atoms with Crippen molar-refractivity contribution in [3.63, 3.8) is 0 Å². The zero-order valence-corrected chi connectivity index (χ0v) is 27.8. The van der Waals surface area contributed by atoms with Gasteiger partial charge in [0.1, 0.15) is 0 Å². The quantitative estimate of drug-likeness (QED) is 0.0472. The van der Waals surface area contributed by atoms with Gasteiger partial charge in [-0.15, -0.1) is 0 Å². The molecule has 0 spiro atoms. The van der Waals surface area contributed by atoms with Crippen LogP contribution in [-0.4, -0.2) is 19.6 Å². The molecule has 0 radical (unpaired) electrons. The molecule has 0 heterocycles. The van der Waals surface area contributed by atoms with Crippen LogP contribution in [0.4, 0.5) is 0 Å². The van der Waals surface area contributed by atoms with Crippen LogP contribution in [0, 0.1) is 5.92 Å². The van der Waals surface area contributed by atoms with Crippen LogP contribution in [0.25, 0.3) is 0 Å². The molecule has 0 aliphatic rings. The van der Waals surface area contributed by atoms with Crippen LogP contribution in [0.5, 0.6) is 0 Å². The van der Waals surface area contributed by atoms with E-state index < -0.39 is 10.4 Å². The Morgan fingerprint density at radius 3 is 1.20 bits per heavy atom. The molecule has 40 heavy (non-hydrogen) atoms. The summed E-state index contributed by atoms with van der Waals surface area (Å²) >= 11 is 0. The highest BCUT2D eigenvalue weighted by molar-refractivity contribution is 7.80. The lowest BCUT2D eigenvalue weighted by molar-refractivity contribution is 0.234. The van der Waals surface area contributed by atoms with E-state index in [1.165, 1.54) is 167 Å². The summed E-state index contributed by atoms with van der Waals surface area (Å²) < 4.78 is 35.8. The molecule has 0 aliphatic heterocycles. The number of allylic oxidation sites excluding steroid dienone is 1. The normalized spacial score (nSPS) is 13.0. The van der Waals surface area contributed by atoms with Gasteiger partial charge in [-0.05, 0) is 19.3 Å². The van der Waals surface area contributed by atoms with Crippen molar-refractivity contribution in [1.29, 1.82) is 0 Å². The van der Waals surface area contributed by atoms with Gasteiger partial charge in [0.25, 0.3) is 0 Å². The molecule has 1 N–H and O–H groups in total. The minimum atomic E-state index is -4.37. The highest BCUT2D eigenvalue weighted by atomic mass is 32.3. The average Bonchev–Trinajstić information content (AvgIpc) is 2.93. The van der Waals surface area contributed by atoms with Gasteiger partial charge in [-0.25, -0.2) is 4.18 Å². The molecule has 4 nitrogen and oxygen atoms in total. The molecular weight excluding hydrogens is 516 g/mol. The van der Waals surface area contributed by atoms with Gasteiger partial charge in [0, 0.05) is 5.92 Å². The molecule has 0 aliphatic carbocycles. The molecule has 0 fully saturated rings. The number of hydrogen-bond donors (Lipinski definition) is 1. The maximum Gasteiger partial charge on any atom is 0.397 e. The van der Waals surface area contributed by atoms with Gasteiger partial charge in [-0.2, -0.15) is 8.42 Å². The van der Waals surface area contributed by atoms with Crippen molar-refractivity contribution in [1.82, 2.24) is 0 Å². The smallest absolute Gasteiger partial charge is 0.264 e. The van der Waals surface area contributed by atoms with Crippen molar-refractivity contribution in [3.8, 4) is 0 Å². The van der Waals surface area contributed by atoms with E-state index in [1.54, 1.807) is 0 Å². The number of hydrogen-bond acceptors (Lipinski definition) is 3. The molecule has 240 valence electrons. The van der Waals surface area contributed by atoms with Gasteiger partial charge < -0.3 is 0 Å². The minimum Gasteiger partial charge on any atom is -0.264 e. The van der Waals surface area contributed by atoms with Crippen molar-refractivity contribution in [3.05, 3.63) is 12.2 Å². The molecule has 0 rings (SSSR count). The molecule has 1 unspecified atom stereocenters. The van der Waals surface area contributed by atoms with Crippen molar-refractivity contribution in [2.45, 2.75) is 200 Å². The summed E-state index contributed by atoms with van der Waals surface area (Å²) in [5.41, 5.74) is 0. The zero-order valence-electron chi connectivity index (χ0n) is 27.0. The first-order chi connectivity index (χ1) is 19.5. The molecule has 0 saturated heterocycles. The van der Waals surface area contributed by atoms with Crippen LogP contribution in [0.15, 0.2) is 12.2 Å². The summed E-state index contributed by atoms with van der Waals surface area (Å²) in [6, 6.07) is 0. The van der Waals surface area contributed by atoms with E-state index in [2.05, 4.69) is 26.0 Å². The third-order valence-corrected chi connectivity index (χ3v) is 8.68. The zero-order chi connectivity index (χ0) is 29.4. The Morgan fingerprint density at radius 1 is 0.525 bits per heavy atom. The third-order valence-electron chi connectivity index (χ3n) is 8.24. The van der Waals surface area contributed by atoms with E-state index in [0.29, 0.717) is 0 Å². The molecular formula is C35H70O4S. The van der Waals surface area contributed by atoms with E-state index in [-0.39, 0.29) is 12.5 Å². The highest BCUT2D eigenvalue weighted by Crippen LogP contribution is 2.18. The fraction of sp³-hybridized carbons (Fsp3) is 0.943. The third kappa shape index (κ3) is 33.8. The standard InChI is InChI=1S/C35H70O4S/c1-3-5-7-9-11-13-15-17-18-19-20-21-23-25-27-29-31-33-35(34-39-40(36,37)38)32-30-28-26-24-22-16-14-12-10-8-6-4-2/h30,32,35H,3-29,31,33-34H2,1-2H3,(H,36,37,38)/b32-30+. The molecule has 0 aromatic carbocycles.